The van der Waals surface area contributed by atoms with E-state index < -0.39 is 22.7 Å². The molecule has 0 rings (SSSR count). The van der Waals surface area contributed by atoms with E-state index in [2.05, 4.69) is 80.9 Å². The number of ether oxygens (including phenoxy) is 1. The number of rotatable bonds is 12. The number of hydrogen-bond acceptors (Lipinski definition) is 4. The normalized spacial score (nSPS) is 16.5. The van der Waals surface area contributed by atoms with Gasteiger partial charge >= 0.3 is 5.97 Å². The van der Waals surface area contributed by atoms with E-state index in [9.17, 15) is 4.79 Å². The van der Waals surface area contributed by atoms with E-state index in [-0.39, 0.29) is 28.3 Å². The van der Waals surface area contributed by atoms with Crippen LogP contribution in [0.15, 0.2) is 25.3 Å². The number of carbonyl (C=O) groups is 1. The molecule has 30 heavy (non-hydrogen) atoms. The largest absolute Gasteiger partial charge is 0.460 e. The Kier molecular flexibility index (Phi) is 11.0. The molecule has 0 spiro atoms. The van der Waals surface area contributed by atoms with E-state index >= 15 is 0 Å². The summed E-state index contributed by atoms with van der Waals surface area (Å²) in [7, 11) is -4.36. The summed E-state index contributed by atoms with van der Waals surface area (Å²) in [5.74, 6) is -0.332. The molecule has 6 heteroatoms. The second kappa shape index (κ2) is 11.3. The molecule has 0 heterocycles. The quantitative estimate of drug-likeness (QED) is 0.176. The van der Waals surface area contributed by atoms with Crippen LogP contribution in [-0.4, -0.2) is 40.9 Å². The van der Waals surface area contributed by atoms with Gasteiger partial charge in [0, 0.05) is 6.42 Å². The first kappa shape index (κ1) is 29.3. The van der Waals surface area contributed by atoms with Crippen LogP contribution in [0.25, 0.3) is 0 Å². The molecule has 0 fully saturated rings. The Labute approximate surface area is 188 Å². The Morgan fingerprint density at radius 3 is 1.77 bits per heavy atom. The Hall–Kier alpha value is -0.696. The molecule has 0 bridgehead atoms. The Morgan fingerprint density at radius 1 is 0.900 bits per heavy atom. The van der Waals surface area contributed by atoms with Crippen LogP contribution in [0.1, 0.15) is 67.7 Å². The fourth-order valence-electron chi connectivity index (χ4n) is 2.43. The lowest BCUT2D eigenvalue weighted by Gasteiger charge is -2.44. The van der Waals surface area contributed by atoms with Crippen LogP contribution in [0.5, 0.6) is 0 Å². The zero-order valence-corrected chi connectivity index (χ0v) is 23.6. The third kappa shape index (κ3) is 8.81. The highest BCUT2D eigenvalue weighted by Gasteiger charge is 2.47. The number of hydrogen-bond donors (Lipinski definition) is 0. The number of carbonyl (C=O) groups excluding carboxylic acids is 1. The van der Waals surface area contributed by atoms with E-state index in [1.807, 2.05) is 13.0 Å². The standard InChI is InChI=1S/C24H48O4Si2/c1-14-16-18-20(27-29(10,11)23(4,5)6)21(22(25)26-19(3)17-15-2)28-30(12,13)24(7,8)9/h14-15,19-21H,1-2,16-18H2,3-13H3/t19-,20-,21-/m0/s1. The zero-order chi connectivity index (χ0) is 24.0. The zero-order valence-electron chi connectivity index (χ0n) is 21.6. The van der Waals surface area contributed by atoms with E-state index in [4.69, 9.17) is 13.6 Å². The van der Waals surface area contributed by atoms with Gasteiger partial charge in [0.2, 0.25) is 0 Å². The predicted octanol–water partition coefficient (Wildman–Crippen LogP) is 7.24. The maximum atomic E-state index is 13.3. The van der Waals surface area contributed by atoms with Gasteiger partial charge in [-0.2, -0.15) is 0 Å². The van der Waals surface area contributed by atoms with Crippen molar-refractivity contribution in [3.05, 3.63) is 25.3 Å². The van der Waals surface area contributed by atoms with Gasteiger partial charge in [0.15, 0.2) is 22.7 Å². The van der Waals surface area contributed by atoms with E-state index in [0.29, 0.717) is 12.8 Å². The molecule has 0 aromatic carbocycles. The highest BCUT2D eigenvalue weighted by molar-refractivity contribution is 6.74. The molecule has 0 saturated heterocycles. The molecule has 0 unspecified atom stereocenters. The smallest absolute Gasteiger partial charge is 0.337 e. The minimum atomic E-state index is -2.23. The van der Waals surface area contributed by atoms with Crippen LogP contribution in [0.3, 0.4) is 0 Å². The number of esters is 1. The van der Waals surface area contributed by atoms with Crippen molar-refractivity contribution < 1.29 is 18.4 Å². The van der Waals surface area contributed by atoms with Gasteiger partial charge < -0.3 is 13.6 Å². The molecular formula is C24H48O4Si2. The van der Waals surface area contributed by atoms with E-state index in [0.717, 1.165) is 6.42 Å². The molecule has 0 aliphatic heterocycles. The van der Waals surface area contributed by atoms with Crippen molar-refractivity contribution >= 4 is 22.6 Å². The molecule has 0 aromatic heterocycles. The lowest BCUT2D eigenvalue weighted by Crippen LogP contribution is -2.54. The highest BCUT2D eigenvalue weighted by atomic mass is 28.4. The summed E-state index contributed by atoms with van der Waals surface area (Å²) in [5.41, 5.74) is 0. The Balaban J connectivity index is 6.09. The SMILES string of the molecule is C=CCC[C@H](O[Si](C)(C)C(C)(C)C)[C@H](O[Si](C)(C)C(C)(C)C)C(=O)O[C@@H](C)CC=C. The third-order valence-electron chi connectivity index (χ3n) is 6.52. The van der Waals surface area contributed by atoms with E-state index in [1.54, 1.807) is 6.08 Å². The van der Waals surface area contributed by atoms with Crippen LogP contribution in [0.2, 0.25) is 36.3 Å². The second-order valence-electron chi connectivity index (χ2n) is 11.4. The number of allylic oxidation sites excluding steroid dienone is 1. The van der Waals surface area contributed by atoms with Crippen molar-refractivity contribution in [1.82, 2.24) is 0 Å². The molecule has 3 atom stereocenters. The fourth-order valence-corrected chi connectivity index (χ4v) is 5.02. The summed E-state index contributed by atoms with van der Waals surface area (Å²) >= 11 is 0. The molecule has 0 aliphatic rings. The topological polar surface area (TPSA) is 44.8 Å². The van der Waals surface area contributed by atoms with Crippen molar-refractivity contribution in [3.63, 3.8) is 0 Å². The molecule has 0 amide bonds. The Bertz CT molecular complexity index is 571. The van der Waals surface area contributed by atoms with Crippen molar-refractivity contribution in [2.24, 2.45) is 0 Å². The first-order valence-electron chi connectivity index (χ1n) is 11.2. The highest BCUT2D eigenvalue weighted by Crippen LogP contribution is 2.41. The third-order valence-corrected chi connectivity index (χ3v) is 15.5. The van der Waals surface area contributed by atoms with Gasteiger partial charge in [-0.05, 0) is 56.0 Å². The molecule has 0 aromatic rings. The van der Waals surface area contributed by atoms with Crippen molar-refractivity contribution in [2.75, 3.05) is 0 Å². The maximum Gasteiger partial charge on any atom is 0.337 e. The molecule has 0 N–H and O–H groups in total. The lowest BCUT2D eigenvalue weighted by molar-refractivity contribution is -0.162. The van der Waals surface area contributed by atoms with Crippen LogP contribution < -0.4 is 0 Å². The Morgan fingerprint density at radius 2 is 1.37 bits per heavy atom. The van der Waals surface area contributed by atoms with Gasteiger partial charge in [-0.25, -0.2) is 4.79 Å². The summed E-state index contributed by atoms with van der Waals surface area (Å²) in [5, 5.41) is -0.000782. The van der Waals surface area contributed by atoms with Crippen molar-refractivity contribution in [1.29, 1.82) is 0 Å². The molecular weight excluding hydrogens is 408 g/mol. The van der Waals surface area contributed by atoms with Crippen LogP contribution in [0.4, 0.5) is 0 Å². The molecule has 0 aliphatic carbocycles. The van der Waals surface area contributed by atoms with Gasteiger partial charge in [0.25, 0.3) is 0 Å². The second-order valence-corrected chi connectivity index (χ2v) is 20.9. The lowest BCUT2D eigenvalue weighted by atomic mass is 10.1. The fraction of sp³-hybridized carbons (Fsp3) is 0.792. The van der Waals surface area contributed by atoms with Gasteiger partial charge in [-0.1, -0.05) is 53.7 Å². The molecule has 4 nitrogen and oxygen atoms in total. The van der Waals surface area contributed by atoms with Crippen LogP contribution in [0, 0.1) is 0 Å². The first-order chi connectivity index (χ1) is 13.4. The van der Waals surface area contributed by atoms with Crippen LogP contribution in [-0.2, 0) is 18.4 Å². The summed E-state index contributed by atoms with van der Waals surface area (Å²) in [4.78, 5) is 13.3. The maximum absolute atomic E-state index is 13.3. The van der Waals surface area contributed by atoms with Gasteiger partial charge in [-0.3, -0.25) is 0 Å². The van der Waals surface area contributed by atoms with Crippen LogP contribution >= 0.6 is 0 Å². The minimum Gasteiger partial charge on any atom is -0.460 e. The molecule has 176 valence electrons. The summed E-state index contributed by atoms with van der Waals surface area (Å²) in [6, 6.07) is 0. The van der Waals surface area contributed by atoms with Gasteiger partial charge in [0.05, 0.1) is 6.10 Å². The molecule has 0 saturated carbocycles. The monoisotopic (exact) mass is 456 g/mol. The van der Waals surface area contributed by atoms with Crippen molar-refractivity contribution in [2.45, 2.75) is 122 Å². The summed E-state index contributed by atoms with van der Waals surface area (Å²) in [6.07, 6.45) is 4.34. The van der Waals surface area contributed by atoms with Gasteiger partial charge in [0.1, 0.15) is 6.10 Å². The van der Waals surface area contributed by atoms with Crippen molar-refractivity contribution in [3.8, 4) is 0 Å². The first-order valence-corrected chi connectivity index (χ1v) is 17.0. The minimum absolute atomic E-state index is 0.0288. The predicted molar refractivity (Wildman–Crippen MR) is 134 cm³/mol. The summed E-state index contributed by atoms with van der Waals surface area (Å²) in [6.45, 7) is 31.4. The molecule has 0 radical (unpaired) electrons. The van der Waals surface area contributed by atoms with E-state index in [1.165, 1.54) is 0 Å². The van der Waals surface area contributed by atoms with Gasteiger partial charge in [-0.15, -0.1) is 13.2 Å². The summed E-state index contributed by atoms with van der Waals surface area (Å²) < 4.78 is 19.2. The average molecular weight is 457 g/mol. The average Bonchev–Trinajstić information content (AvgIpc) is 2.54.